The molecule has 1 aromatic rings. The molecule has 0 N–H and O–H groups in total. The minimum absolute atomic E-state index is 0.0255. The zero-order chi connectivity index (χ0) is 18.6. The largest absolute Gasteiger partial charge is 0.459 e. The number of carbonyl (C=O) groups is 2. The number of amides is 1. The predicted molar refractivity (Wildman–Crippen MR) is 87.1 cm³/mol. The van der Waals surface area contributed by atoms with Crippen LogP contribution in [0, 0.1) is 5.92 Å². The molecule has 1 aromatic carbocycles. The van der Waals surface area contributed by atoms with Crippen molar-refractivity contribution >= 4 is 12.1 Å². The Bertz CT molecular complexity index is 601. The molecular weight excluding hydrogens is 332 g/mol. The van der Waals surface area contributed by atoms with E-state index in [2.05, 4.69) is 0 Å². The molecule has 1 heterocycles. The van der Waals surface area contributed by atoms with E-state index >= 15 is 0 Å². The monoisotopic (exact) mass is 355 g/mol. The van der Waals surface area contributed by atoms with Gasteiger partial charge in [0, 0.05) is 12.5 Å². The van der Waals surface area contributed by atoms with E-state index in [-0.39, 0.29) is 19.6 Å². The predicted octanol–water partition coefficient (Wildman–Crippen LogP) is 3.62. The maximum atomic E-state index is 13.1. The van der Waals surface area contributed by atoms with E-state index in [0.717, 1.165) is 10.5 Å². The van der Waals surface area contributed by atoms with Crippen molar-refractivity contribution in [3.8, 4) is 0 Å². The van der Waals surface area contributed by atoms with Gasteiger partial charge in [0.25, 0.3) is 0 Å². The number of esters is 1. The number of carbonyl (C=O) groups excluding carboxylic acids is 2. The summed E-state index contributed by atoms with van der Waals surface area (Å²) in [5, 5.41) is 0. The minimum atomic E-state index is -2.61. The third-order valence-corrected chi connectivity index (χ3v) is 3.81. The van der Waals surface area contributed by atoms with Crippen LogP contribution in [0.1, 0.15) is 32.8 Å². The molecule has 1 aliphatic rings. The topological polar surface area (TPSA) is 55.8 Å². The van der Waals surface area contributed by atoms with Crippen LogP contribution in [0.3, 0.4) is 0 Å². The molecule has 7 heteroatoms. The van der Waals surface area contributed by atoms with Crippen molar-refractivity contribution in [3.63, 3.8) is 0 Å². The molecular formula is C18H23F2NO4. The highest BCUT2D eigenvalue weighted by Crippen LogP contribution is 2.30. The number of alkyl halides is 2. The van der Waals surface area contributed by atoms with Gasteiger partial charge in [0.2, 0.25) is 6.43 Å². The first-order chi connectivity index (χ1) is 11.7. The van der Waals surface area contributed by atoms with Crippen LogP contribution in [0.25, 0.3) is 0 Å². The van der Waals surface area contributed by atoms with Crippen LogP contribution in [0.2, 0.25) is 0 Å². The molecule has 1 saturated heterocycles. The normalized spacial score (nSPS) is 20.6. The molecule has 2 rings (SSSR count). The molecule has 0 aliphatic carbocycles. The van der Waals surface area contributed by atoms with E-state index in [0.29, 0.717) is 0 Å². The summed E-state index contributed by atoms with van der Waals surface area (Å²) >= 11 is 0. The van der Waals surface area contributed by atoms with Crippen molar-refractivity contribution in [3.05, 3.63) is 35.9 Å². The highest BCUT2D eigenvalue weighted by Gasteiger charge is 2.45. The van der Waals surface area contributed by atoms with Crippen LogP contribution >= 0.6 is 0 Å². The van der Waals surface area contributed by atoms with Crippen LogP contribution in [0.4, 0.5) is 13.6 Å². The van der Waals surface area contributed by atoms with Gasteiger partial charge in [-0.1, -0.05) is 30.3 Å². The zero-order valence-corrected chi connectivity index (χ0v) is 14.6. The summed E-state index contributed by atoms with van der Waals surface area (Å²) in [7, 11) is 0. The van der Waals surface area contributed by atoms with Gasteiger partial charge in [-0.2, -0.15) is 0 Å². The highest BCUT2D eigenvalue weighted by atomic mass is 19.3. The summed E-state index contributed by atoms with van der Waals surface area (Å²) in [6.07, 6.45) is -3.53. The molecule has 1 aliphatic heterocycles. The van der Waals surface area contributed by atoms with Crippen LogP contribution in [0.5, 0.6) is 0 Å². The first-order valence-corrected chi connectivity index (χ1v) is 8.15. The minimum Gasteiger partial charge on any atom is -0.459 e. The van der Waals surface area contributed by atoms with Crippen molar-refractivity contribution in [1.82, 2.24) is 4.90 Å². The summed E-state index contributed by atoms with van der Waals surface area (Å²) in [6, 6.07) is 7.96. The lowest BCUT2D eigenvalue weighted by atomic mass is 10.1. The Kier molecular flexibility index (Phi) is 5.98. The van der Waals surface area contributed by atoms with Gasteiger partial charge in [-0.15, -0.1) is 0 Å². The fraction of sp³-hybridized carbons (Fsp3) is 0.556. The van der Waals surface area contributed by atoms with Gasteiger partial charge in [-0.05, 0) is 32.8 Å². The molecule has 0 unspecified atom stereocenters. The number of ether oxygens (including phenoxy) is 2. The number of halogens is 2. The third-order valence-electron chi connectivity index (χ3n) is 3.81. The lowest BCUT2D eigenvalue weighted by Crippen LogP contribution is -2.44. The maximum Gasteiger partial charge on any atom is 0.411 e. The quantitative estimate of drug-likeness (QED) is 0.774. The summed E-state index contributed by atoms with van der Waals surface area (Å²) in [4.78, 5) is 25.7. The molecule has 1 amide bonds. The van der Waals surface area contributed by atoms with Crippen molar-refractivity contribution < 1.29 is 27.8 Å². The number of rotatable bonds is 4. The fourth-order valence-corrected chi connectivity index (χ4v) is 2.62. The van der Waals surface area contributed by atoms with E-state index in [1.54, 1.807) is 45.0 Å². The van der Waals surface area contributed by atoms with Crippen LogP contribution in [-0.4, -0.2) is 41.6 Å². The second-order valence-electron chi connectivity index (χ2n) is 7.07. The van der Waals surface area contributed by atoms with Crippen molar-refractivity contribution in [1.29, 1.82) is 0 Å². The number of likely N-dealkylation sites (tertiary alicyclic amines) is 1. The molecule has 2 atom stereocenters. The van der Waals surface area contributed by atoms with Gasteiger partial charge in [0.1, 0.15) is 18.2 Å². The van der Waals surface area contributed by atoms with Crippen LogP contribution in [0.15, 0.2) is 30.3 Å². The molecule has 138 valence electrons. The first-order valence-electron chi connectivity index (χ1n) is 8.15. The molecule has 0 bridgehead atoms. The standard InChI is InChI=1S/C18H23F2NO4/c1-18(2,3)25-17(23)21-10-13(15(19)20)9-14(21)16(22)24-11-12-7-5-4-6-8-12/h4-8,13-15H,9-11H2,1-3H3/t13-,14-/m0/s1. The number of hydrogen-bond acceptors (Lipinski definition) is 4. The van der Waals surface area contributed by atoms with E-state index in [4.69, 9.17) is 9.47 Å². The number of hydrogen-bond donors (Lipinski definition) is 0. The molecule has 25 heavy (non-hydrogen) atoms. The Morgan fingerprint density at radius 3 is 2.44 bits per heavy atom. The summed E-state index contributed by atoms with van der Waals surface area (Å²) in [6.45, 7) is 4.83. The highest BCUT2D eigenvalue weighted by molar-refractivity contribution is 5.82. The average molecular weight is 355 g/mol. The second-order valence-corrected chi connectivity index (χ2v) is 7.07. The summed E-state index contributed by atoms with van der Waals surface area (Å²) in [5.41, 5.74) is 0.00135. The molecule has 1 fully saturated rings. The summed E-state index contributed by atoms with van der Waals surface area (Å²) < 4.78 is 36.6. The summed E-state index contributed by atoms with van der Waals surface area (Å²) in [5.74, 6) is -1.76. The maximum absolute atomic E-state index is 13.1. The van der Waals surface area contributed by atoms with Gasteiger partial charge in [0.15, 0.2) is 0 Å². The van der Waals surface area contributed by atoms with Gasteiger partial charge >= 0.3 is 12.1 Å². The lowest BCUT2D eigenvalue weighted by Gasteiger charge is -2.27. The Balaban J connectivity index is 2.05. The van der Waals surface area contributed by atoms with E-state index in [1.807, 2.05) is 6.07 Å². The third kappa shape index (κ3) is 5.41. The first kappa shape index (κ1) is 19.1. The average Bonchev–Trinajstić information content (AvgIpc) is 2.98. The lowest BCUT2D eigenvalue weighted by molar-refractivity contribution is -0.150. The van der Waals surface area contributed by atoms with Crippen LogP contribution in [-0.2, 0) is 20.9 Å². The fourth-order valence-electron chi connectivity index (χ4n) is 2.62. The molecule has 0 aromatic heterocycles. The molecule has 0 radical (unpaired) electrons. The van der Waals surface area contributed by atoms with E-state index in [9.17, 15) is 18.4 Å². The van der Waals surface area contributed by atoms with Gasteiger partial charge in [0.05, 0.1) is 0 Å². The van der Waals surface area contributed by atoms with Gasteiger partial charge in [-0.25, -0.2) is 18.4 Å². The Morgan fingerprint density at radius 1 is 1.24 bits per heavy atom. The van der Waals surface area contributed by atoms with E-state index in [1.165, 1.54) is 0 Å². The van der Waals surface area contributed by atoms with E-state index < -0.39 is 36.0 Å². The van der Waals surface area contributed by atoms with Gasteiger partial charge in [-0.3, -0.25) is 4.90 Å². The SMILES string of the molecule is CC(C)(C)OC(=O)N1C[C@@H](C(F)F)C[C@H]1C(=O)OCc1ccccc1. The molecule has 5 nitrogen and oxygen atoms in total. The Hall–Kier alpha value is -2.18. The van der Waals surface area contributed by atoms with Crippen LogP contribution < -0.4 is 0 Å². The molecule has 0 spiro atoms. The Morgan fingerprint density at radius 2 is 1.88 bits per heavy atom. The van der Waals surface area contributed by atoms with Crippen molar-refractivity contribution in [2.24, 2.45) is 5.92 Å². The number of nitrogens with zero attached hydrogens (tertiary/aromatic N) is 1. The molecule has 0 saturated carbocycles. The van der Waals surface area contributed by atoms with Crippen molar-refractivity contribution in [2.75, 3.05) is 6.54 Å². The zero-order valence-electron chi connectivity index (χ0n) is 14.6. The Labute approximate surface area is 145 Å². The number of benzene rings is 1. The smallest absolute Gasteiger partial charge is 0.411 e. The van der Waals surface area contributed by atoms with Gasteiger partial charge < -0.3 is 9.47 Å². The second kappa shape index (κ2) is 7.80. The van der Waals surface area contributed by atoms with Crippen molar-refractivity contribution in [2.45, 2.75) is 51.9 Å².